The minimum atomic E-state index is -0.224. The molecule has 1 saturated heterocycles. The Hall–Kier alpha value is -2.07. The van der Waals surface area contributed by atoms with Gasteiger partial charge in [0.2, 0.25) is 0 Å². The Morgan fingerprint density at radius 1 is 1.04 bits per heavy atom. The molecule has 0 radical (unpaired) electrons. The molecule has 2 aliphatic rings. The zero-order valence-electron chi connectivity index (χ0n) is 14.4. The van der Waals surface area contributed by atoms with Gasteiger partial charge in [-0.3, -0.25) is 0 Å². The van der Waals surface area contributed by atoms with Crippen LogP contribution in [0.3, 0.4) is 0 Å². The molecule has 4 heteroatoms. The fraction of sp³-hybridized carbons (Fsp3) is 0.429. The molecule has 2 aromatic carbocycles. The molecule has 0 aliphatic carbocycles. The summed E-state index contributed by atoms with van der Waals surface area (Å²) in [4.78, 5) is 2.53. The Kier molecular flexibility index (Phi) is 4.88. The highest BCUT2D eigenvalue weighted by atomic mass is 19.1. The van der Waals surface area contributed by atoms with Crippen LogP contribution >= 0.6 is 0 Å². The van der Waals surface area contributed by atoms with Gasteiger partial charge in [0.25, 0.3) is 0 Å². The first kappa shape index (κ1) is 16.4. The van der Waals surface area contributed by atoms with Crippen molar-refractivity contribution in [3.05, 3.63) is 59.9 Å². The highest BCUT2D eigenvalue weighted by molar-refractivity contribution is 5.39. The van der Waals surface area contributed by atoms with E-state index in [-0.39, 0.29) is 11.9 Å². The lowest BCUT2D eigenvalue weighted by molar-refractivity contribution is 0.177. The quantitative estimate of drug-likeness (QED) is 0.830. The normalized spacial score (nSPS) is 23.6. The van der Waals surface area contributed by atoms with E-state index in [1.54, 1.807) is 12.1 Å². The second-order valence-electron chi connectivity index (χ2n) is 6.97. The number of hydrogen-bond acceptors (Lipinski definition) is 3. The van der Waals surface area contributed by atoms with Gasteiger partial charge < -0.3 is 14.4 Å². The Morgan fingerprint density at radius 3 is 2.76 bits per heavy atom. The summed E-state index contributed by atoms with van der Waals surface area (Å²) in [6.45, 7) is 3.96. The van der Waals surface area contributed by atoms with Crippen LogP contribution in [0.1, 0.15) is 30.7 Å². The van der Waals surface area contributed by atoms with Crippen molar-refractivity contribution in [2.24, 2.45) is 0 Å². The predicted octanol–water partition coefficient (Wildman–Crippen LogP) is 4.24. The number of fused-ring (bicyclic) bond motifs is 1. The van der Waals surface area contributed by atoms with Crippen LogP contribution in [-0.4, -0.2) is 37.2 Å². The van der Waals surface area contributed by atoms with E-state index in [1.807, 2.05) is 6.07 Å². The molecule has 1 fully saturated rings. The molecule has 2 heterocycles. The highest BCUT2D eigenvalue weighted by Crippen LogP contribution is 2.34. The lowest BCUT2D eigenvalue weighted by Crippen LogP contribution is -2.31. The number of nitrogens with zero attached hydrogens (tertiary/aromatic N) is 1. The van der Waals surface area contributed by atoms with Gasteiger partial charge in [-0.25, -0.2) is 4.39 Å². The molecular formula is C21H24FNO2. The van der Waals surface area contributed by atoms with E-state index in [1.165, 1.54) is 17.7 Å². The van der Waals surface area contributed by atoms with E-state index in [4.69, 9.17) is 9.47 Å². The first-order valence-electron chi connectivity index (χ1n) is 9.14. The van der Waals surface area contributed by atoms with Gasteiger partial charge in [-0.15, -0.1) is 0 Å². The van der Waals surface area contributed by atoms with E-state index >= 15 is 0 Å². The van der Waals surface area contributed by atoms with Gasteiger partial charge in [-0.2, -0.15) is 0 Å². The lowest BCUT2D eigenvalue weighted by atomic mass is 10.0. The van der Waals surface area contributed by atoms with Gasteiger partial charge in [-0.1, -0.05) is 18.2 Å². The zero-order valence-corrected chi connectivity index (χ0v) is 14.4. The summed E-state index contributed by atoms with van der Waals surface area (Å²) in [5.41, 5.74) is 1.34. The molecule has 132 valence electrons. The molecular weight excluding hydrogens is 317 g/mol. The molecule has 0 saturated carbocycles. The van der Waals surface area contributed by atoms with Crippen LogP contribution in [0.4, 0.5) is 4.39 Å². The number of benzene rings is 2. The van der Waals surface area contributed by atoms with Crippen molar-refractivity contribution in [2.75, 3.05) is 26.2 Å². The monoisotopic (exact) mass is 341 g/mol. The number of hydrogen-bond donors (Lipinski definition) is 0. The largest absolute Gasteiger partial charge is 0.493 e. The van der Waals surface area contributed by atoms with E-state index in [0.717, 1.165) is 57.0 Å². The van der Waals surface area contributed by atoms with Crippen molar-refractivity contribution in [3.63, 3.8) is 0 Å². The van der Waals surface area contributed by atoms with Crippen molar-refractivity contribution >= 4 is 0 Å². The van der Waals surface area contributed by atoms with E-state index < -0.39 is 0 Å². The molecule has 4 rings (SSSR count). The molecule has 2 aliphatic heterocycles. The SMILES string of the molecule is Fc1ccc(OC2CCCN(CC3COc4ccccc43)CC2)cc1. The van der Waals surface area contributed by atoms with Gasteiger partial charge >= 0.3 is 0 Å². The van der Waals surface area contributed by atoms with Crippen LogP contribution in [0.15, 0.2) is 48.5 Å². The molecule has 2 unspecified atom stereocenters. The molecule has 25 heavy (non-hydrogen) atoms. The van der Waals surface area contributed by atoms with E-state index in [9.17, 15) is 4.39 Å². The first-order valence-corrected chi connectivity index (χ1v) is 9.14. The van der Waals surface area contributed by atoms with Crippen LogP contribution in [0.25, 0.3) is 0 Å². The van der Waals surface area contributed by atoms with E-state index in [0.29, 0.717) is 5.92 Å². The van der Waals surface area contributed by atoms with Crippen LogP contribution in [-0.2, 0) is 0 Å². The molecule has 0 bridgehead atoms. The second-order valence-corrected chi connectivity index (χ2v) is 6.97. The Bertz CT molecular complexity index is 703. The summed E-state index contributed by atoms with van der Waals surface area (Å²) in [5, 5.41) is 0. The van der Waals surface area contributed by atoms with Crippen molar-refractivity contribution in [1.82, 2.24) is 4.90 Å². The molecule has 2 aromatic rings. The predicted molar refractivity (Wildman–Crippen MR) is 95.8 cm³/mol. The zero-order chi connectivity index (χ0) is 17.1. The molecule has 3 nitrogen and oxygen atoms in total. The molecule has 2 atom stereocenters. The maximum atomic E-state index is 13.0. The highest BCUT2D eigenvalue weighted by Gasteiger charge is 2.27. The van der Waals surface area contributed by atoms with Crippen molar-refractivity contribution in [3.8, 4) is 11.5 Å². The second kappa shape index (κ2) is 7.44. The Labute approximate surface area is 148 Å². The van der Waals surface area contributed by atoms with Crippen LogP contribution in [0, 0.1) is 5.82 Å². The molecule has 0 spiro atoms. The smallest absolute Gasteiger partial charge is 0.123 e. The van der Waals surface area contributed by atoms with E-state index in [2.05, 4.69) is 23.1 Å². The topological polar surface area (TPSA) is 21.7 Å². The van der Waals surface area contributed by atoms with Crippen LogP contribution in [0.5, 0.6) is 11.5 Å². The van der Waals surface area contributed by atoms with Crippen LogP contribution < -0.4 is 9.47 Å². The minimum absolute atomic E-state index is 0.211. The third-order valence-corrected chi connectivity index (χ3v) is 5.16. The standard InChI is InChI=1S/C21H24FNO2/c22-17-7-9-19(10-8-17)25-18-4-3-12-23(13-11-18)14-16-15-24-21-6-2-1-5-20(16)21/h1-2,5-10,16,18H,3-4,11-15H2. The maximum Gasteiger partial charge on any atom is 0.123 e. The maximum absolute atomic E-state index is 13.0. The first-order chi connectivity index (χ1) is 12.3. The van der Waals surface area contributed by atoms with Gasteiger partial charge in [-0.05, 0) is 56.1 Å². The average molecular weight is 341 g/mol. The summed E-state index contributed by atoms with van der Waals surface area (Å²) in [6, 6.07) is 14.7. The van der Waals surface area contributed by atoms with Gasteiger partial charge in [0.15, 0.2) is 0 Å². The van der Waals surface area contributed by atoms with Crippen molar-refractivity contribution < 1.29 is 13.9 Å². The summed E-state index contributed by atoms with van der Waals surface area (Å²) in [6.07, 6.45) is 3.39. The fourth-order valence-corrected chi connectivity index (χ4v) is 3.82. The van der Waals surface area contributed by atoms with Crippen LogP contribution in [0.2, 0.25) is 0 Å². The third-order valence-electron chi connectivity index (χ3n) is 5.16. The summed E-state index contributed by atoms with van der Waals surface area (Å²) in [7, 11) is 0. The Morgan fingerprint density at radius 2 is 1.88 bits per heavy atom. The molecule has 0 N–H and O–H groups in total. The summed E-state index contributed by atoms with van der Waals surface area (Å²) in [5.74, 6) is 2.04. The number of para-hydroxylation sites is 1. The fourth-order valence-electron chi connectivity index (χ4n) is 3.82. The average Bonchev–Trinajstić information content (AvgIpc) is 2.90. The molecule has 0 amide bonds. The molecule has 0 aromatic heterocycles. The lowest BCUT2D eigenvalue weighted by Gasteiger charge is -2.23. The summed E-state index contributed by atoms with van der Waals surface area (Å²) < 4.78 is 24.9. The van der Waals surface area contributed by atoms with Gasteiger partial charge in [0.1, 0.15) is 17.3 Å². The summed E-state index contributed by atoms with van der Waals surface area (Å²) >= 11 is 0. The van der Waals surface area contributed by atoms with Gasteiger partial charge in [0, 0.05) is 24.6 Å². The number of ether oxygens (including phenoxy) is 2. The number of rotatable bonds is 4. The minimum Gasteiger partial charge on any atom is -0.493 e. The van der Waals surface area contributed by atoms with Crippen molar-refractivity contribution in [1.29, 1.82) is 0 Å². The number of halogens is 1. The van der Waals surface area contributed by atoms with Crippen molar-refractivity contribution in [2.45, 2.75) is 31.3 Å². The number of likely N-dealkylation sites (tertiary alicyclic amines) is 1. The van der Waals surface area contributed by atoms with Gasteiger partial charge in [0.05, 0.1) is 12.7 Å². The Balaban J connectivity index is 1.32. The third kappa shape index (κ3) is 3.96.